The van der Waals surface area contributed by atoms with Gasteiger partial charge in [-0.25, -0.2) is 0 Å². The molecule has 0 N–H and O–H groups in total. The van der Waals surface area contributed by atoms with E-state index in [9.17, 15) is 4.79 Å². The predicted octanol–water partition coefficient (Wildman–Crippen LogP) is 3.35. The third-order valence-electron chi connectivity index (χ3n) is 2.89. The quantitative estimate of drug-likeness (QED) is 0.789. The summed E-state index contributed by atoms with van der Waals surface area (Å²) in [5.41, 5.74) is 0.535. The summed E-state index contributed by atoms with van der Waals surface area (Å²) in [5, 5.41) is 0.467. The highest BCUT2D eigenvalue weighted by Gasteiger charge is 2.27. The van der Waals surface area contributed by atoms with E-state index < -0.39 is 0 Å². The number of hydrogen-bond acceptors (Lipinski definition) is 2. The van der Waals surface area contributed by atoms with Gasteiger partial charge in [-0.05, 0) is 41.9 Å². The third kappa shape index (κ3) is 2.87. The van der Waals surface area contributed by atoms with E-state index in [0.717, 1.165) is 4.47 Å². The Labute approximate surface area is 120 Å². The molecule has 0 saturated carbocycles. The van der Waals surface area contributed by atoms with Crippen molar-refractivity contribution >= 4 is 33.4 Å². The highest BCUT2D eigenvalue weighted by Crippen LogP contribution is 2.27. The van der Waals surface area contributed by atoms with Crippen LogP contribution in [0.4, 0.5) is 0 Å². The maximum Gasteiger partial charge on any atom is 0.255 e. The van der Waals surface area contributed by atoms with Crippen molar-refractivity contribution < 1.29 is 9.53 Å². The van der Waals surface area contributed by atoms with Crippen LogP contribution in [0.2, 0.25) is 5.02 Å². The van der Waals surface area contributed by atoms with Crippen LogP contribution in [0.1, 0.15) is 24.2 Å². The van der Waals surface area contributed by atoms with E-state index in [1.165, 1.54) is 0 Å². The van der Waals surface area contributed by atoms with Gasteiger partial charge in [-0.1, -0.05) is 17.7 Å². The Bertz CT molecular complexity index is 456. The zero-order chi connectivity index (χ0) is 13.3. The minimum atomic E-state index is -0.0386. The lowest BCUT2D eigenvalue weighted by Gasteiger charge is -2.35. The summed E-state index contributed by atoms with van der Waals surface area (Å²) in [7, 11) is 0. The molecule has 0 radical (unpaired) electrons. The number of morpholine rings is 1. The van der Waals surface area contributed by atoms with Crippen molar-refractivity contribution in [3.05, 3.63) is 33.3 Å². The van der Waals surface area contributed by atoms with Crippen molar-refractivity contribution in [3.63, 3.8) is 0 Å². The molecule has 0 aromatic heterocycles. The molecule has 5 heteroatoms. The van der Waals surface area contributed by atoms with E-state index in [-0.39, 0.29) is 18.1 Å². The number of hydrogen-bond donors (Lipinski definition) is 0. The SMILES string of the molecule is C[C@@H]1CN(C(=O)c2cccc(Br)c2Cl)C[C@H](C)O1. The predicted molar refractivity (Wildman–Crippen MR) is 75.1 cm³/mol. The molecule has 1 saturated heterocycles. The summed E-state index contributed by atoms with van der Waals surface area (Å²) in [6.07, 6.45) is 0.118. The molecule has 1 fully saturated rings. The summed E-state index contributed by atoms with van der Waals surface area (Å²) < 4.78 is 6.36. The molecule has 1 heterocycles. The molecule has 1 aliphatic heterocycles. The van der Waals surface area contributed by atoms with Gasteiger partial charge in [0.05, 0.1) is 22.8 Å². The van der Waals surface area contributed by atoms with Gasteiger partial charge in [0, 0.05) is 17.6 Å². The average Bonchev–Trinajstić information content (AvgIpc) is 2.30. The third-order valence-corrected chi connectivity index (χ3v) is 4.19. The highest BCUT2D eigenvalue weighted by molar-refractivity contribution is 9.10. The lowest BCUT2D eigenvalue weighted by molar-refractivity contribution is -0.0586. The van der Waals surface area contributed by atoms with Crippen LogP contribution >= 0.6 is 27.5 Å². The maximum absolute atomic E-state index is 12.4. The van der Waals surface area contributed by atoms with Gasteiger partial charge in [-0.3, -0.25) is 4.79 Å². The molecule has 0 unspecified atom stereocenters. The number of benzene rings is 1. The Morgan fingerprint density at radius 3 is 2.61 bits per heavy atom. The molecular formula is C13H15BrClNO2. The van der Waals surface area contributed by atoms with Crippen molar-refractivity contribution in [3.8, 4) is 0 Å². The zero-order valence-electron chi connectivity index (χ0n) is 10.3. The largest absolute Gasteiger partial charge is 0.372 e. The van der Waals surface area contributed by atoms with Crippen molar-refractivity contribution in [2.75, 3.05) is 13.1 Å². The van der Waals surface area contributed by atoms with Crippen LogP contribution in [0.3, 0.4) is 0 Å². The monoisotopic (exact) mass is 331 g/mol. The number of carbonyl (C=O) groups excluding carboxylic acids is 1. The number of nitrogens with zero attached hydrogens (tertiary/aromatic N) is 1. The molecule has 98 valence electrons. The summed E-state index contributed by atoms with van der Waals surface area (Å²) in [4.78, 5) is 14.2. The van der Waals surface area contributed by atoms with Gasteiger partial charge in [-0.15, -0.1) is 0 Å². The van der Waals surface area contributed by atoms with E-state index >= 15 is 0 Å². The standard InChI is InChI=1S/C13H15BrClNO2/c1-8-6-16(7-9(2)18-8)13(17)10-4-3-5-11(14)12(10)15/h3-5,8-9H,6-7H2,1-2H3/t8-,9+. The number of amides is 1. The molecule has 1 aliphatic rings. The van der Waals surface area contributed by atoms with Gasteiger partial charge in [0.25, 0.3) is 5.91 Å². The minimum Gasteiger partial charge on any atom is -0.372 e. The van der Waals surface area contributed by atoms with Gasteiger partial charge in [0.15, 0.2) is 0 Å². The second-order valence-corrected chi connectivity index (χ2v) is 5.80. The molecular weight excluding hydrogens is 318 g/mol. The van der Waals surface area contributed by atoms with Crippen molar-refractivity contribution in [2.24, 2.45) is 0 Å². The first-order valence-corrected chi connectivity index (χ1v) is 7.05. The Kier molecular flexibility index (Phi) is 4.30. The van der Waals surface area contributed by atoms with E-state index in [4.69, 9.17) is 16.3 Å². The molecule has 1 aromatic rings. The Balaban J connectivity index is 2.23. The Hall–Kier alpha value is -0.580. The van der Waals surface area contributed by atoms with Gasteiger partial charge in [0.1, 0.15) is 0 Å². The topological polar surface area (TPSA) is 29.5 Å². The molecule has 1 aromatic carbocycles. The molecule has 0 aliphatic carbocycles. The highest BCUT2D eigenvalue weighted by atomic mass is 79.9. The summed E-state index contributed by atoms with van der Waals surface area (Å²) in [5.74, 6) is -0.0386. The normalized spacial score (nSPS) is 24.1. The van der Waals surface area contributed by atoms with Gasteiger partial charge >= 0.3 is 0 Å². The van der Waals surface area contributed by atoms with Crippen LogP contribution < -0.4 is 0 Å². The van der Waals surface area contributed by atoms with Crippen molar-refractivity contribution in [1.29, 1.82) is 0 Å². The van der Waals surface area contributed by atoms with E-state index in [2.05, 4.69) is 15.9 Å². The van der Waals surface area contributed by atoms with Crippen LogP contribution in [0.25, 0.3) is 0 Å². The second-order valence-electron chi connectivity index (χ2n) is 4.57. The van der Waals surface area contributed by atoms with E-state index in [0.29, 0.717) is 23.7 Å². The lowest BCUT2D eigenvalue weighted by Crippen LogP contribution is -2.48. The molecule has 2 atom stereocenters. The molecule has 2 rings (SSSR count). The fourth-order valence-electron chi connectivity index (χ4n) is 2.18. The lowest BCUT2D eigenvalue weighted by atomic mass is 10.1. The summed E-state index contributed by atoms with van der Waals surface area (Å²) >= 11 is 9.49. The minimum absolute atomic E-state index is 0.0386. The maximum atomic E-state index is 12.4. The van der Waals surface area contributed by atoms with Crippen LogP contribution in [-0.4, -0.2) is 36.1 Å². The molecule has 0 spiro atoms. The molecule has 3 nitrogen and oxygen atoms in total. The summed E-state index contributed by atoms with van der Waals surface area (Å²) in [6, 6.07) is 5.39. The summed E-state index contributed by atoms with van der Waals surface area (Å²) in [6.45, 7) is 5.15. The van der Waals surface area contributed by atoms with Crippen LogP contribution in [0, 0.1) is 0 Å². The number of carbonyl (C=O) groups is 1. The molecule has 18 heavy (non-hydrogen) atoms. The van der Waals surface area contributed by atoms with Gasteiger partial charge < -0.3 is 9.64 Å². The van der Waals surface area contributed by atoms with Gasteiger partial charge in [-0.2, -0.15) is 0 Å². The number of rotatable bonds is 1. The van der Waals surface area contributed by atoms with E-state index in [1.54, 1.807) is 11.0 Å². The second kappa shape index (κ2) is 5.59. The fourth-order valence-corrected chi connectivity index (χ4v) is 2.76. The van der Waals surface area contributed by atoms with Gasteiger partial charge in [0.2, 0.25) is 0 Å². The zero-order valence-corrected chi connectivity index (χ0v) is 12.7. The van der Waals surface area contributed by atoms with Crippen LogP contribution in [-0.2, 0) is 4.74 Å². The van der Waals surface area contributed by atoms with Crippen LogP contribution in [0.5, 0.6) is 0 Å². The smallest absolute Gasteiger partial charge is 0.255 e. The first-order valence-electron chi connectivity index (χ1n) is 5.87. The number of ether oxygens (including phenoxy) is 1. The Morgan fingerprint density at radius 2 is 2.00 bits per heavy atom. The fraction of sp³-hybridized carbons (Fsp3) is 0.462. The number of halogens is 2. The molecule has 1 amide bonds. The van der Waals surface area contributed by atoms with Crippen LogP contribution in [0.15, 0.2) is 22.7 Å². The first-order chi connectivity index (χ1) is 8.49. The van der Waals surface area contributed by atoms with Crippen molar-refractivity contribution in [1.82, 2.24) is 4.90 Å². The first kappa shape index (κ1) is 13.8. The van der Waals surface area contributed by atoms with Crippen molar-refractivity contribution in [2.45, 2.75) is 26.1 Å². The van der Waals surface area contributed by atoms with E-state index in [1.807, 2.05) is 26.0 Å². The average molecular weight is 333 g/mol. The Morgan fingerprint density at radius 1 is 1.39 bits per heavy atom. The molecule has 0 bridgehead atoms.